The molecule has 44 heavy (non-hydrogen) atoms. The van der Waals surface area contributed by atoms with Crippen molar-refractivity contribution in [2.24, 2.45) is 9.98 Å². The summed E-state index contributed by atoms with van der Waals surface area (Å²) in [5.41, 5.74) is 13.5. The molecule has 2 N–H and O–H groups in total. The molecule has 0 aliphatic carbocycles. The number of hydrogen-bond acceptors (Lipinski definition) is 4. The summed E-state index contributed by atoms with van der Waals surface area (Å²) in [5, 5.41) is 7.04. The molecule has 3 aromatic rings. The maximum atomic E-state index is 5.08. The molecule has 0 spiro atoms. The van der Waals surface area contributed by atoms with Crippen molar-refractivity contribution in [1.29, 1.82) is 0 Å². The number of hydrogen-bond donors (Lipinski definition) is 2. The number of aliphatic imine (C=N–C) groups is 2. The number of anilines is 2. The maximum absolute atomic E-state index is 5.08. The molecule has 0 atom stereocenters. The van der Waals surface area contributed by atoms with Gasteiger partial charge in [-0.3, -0.25) is 9.98 Å². The Balaban J connectivity index is 1.73. The van der Waals surface area contributed by atoms with E-state index < -0.39 is 0 Å². The predicted molar refractivity (Wildman–Crippen MR) is 196 cm³/mol. The van der Waals surface area contributed by atoms with Crippen LogP contribution in [0.2, 0.25) is 0 Å². The zero-order chi connectivity index (χ0) is 32.6. The Labute approximate surface area is 267 Å². The van der Waals surface area contributed by atoms with Gasteiger partial charge in [0.05, 0.1) is 11.4 Å². The lowest BCUT2D eigenvalue weighted by molar-refractivity contribution is 0.834. The molecule has 0 saturated heterocycles. The van der Waals surface area contributed by atoms with Crippen molar-refractivity contribution in [2.75, 3.05) is 10.6 Å². The van der Waals surface area contributed by atoms with Crippen LogP contribution in [-0.2, 0) is 0 Å². The Morgan fingerprint density at radius 2 is 0.750 bits per heavy atom. The molecule has 0 aliphatic heterocycles. The number of allylic oxidation sites excluding steroid dienone is 4. The van der Waals surface area contributed by atoms with Crippen molar-refractivity contribution in [3.63, 3.8) is 0 Å². The summed E-state index contributed by atoms with van der Waals surface area (Å²) < 4.78 is 0. The van der Waals surface area contributed by atoms with Crippen LogP contribution in [0.1, 0.15) is 129 Å². The second-order valence-corrected chi connectivity index (χ2v) is 13.2. The zero-order valence-corrected chi connectivity index (χ0v) is 29.1. The van der Waals surface area contributed by atoms with Crippen molar-refractivity contribution in [1.82, 2.24) is 0 Å². The van der Waals surface area contributed by atoms with Crippen LogP contribution >= 0.6 is 0 Å². The molecule has 0 radical (unpaired) electrons. The third-order valence-corrected chi connectivity index (χ3v) is 7.68. The van der Waals surface area contributed by atoms with E-state index in [1.165, 1.54) is 22.3 Å². The number of rotatable bonds is 12. The number of benzene rings is 3. The molecule has 0 fully saturated rings. The van der Waals surface area contributed by atoms with Crippen LogP contribution in [0.3, 0.4) is 0 Å². The monoisotopic (exact) mass is 590 g/mol. The van der Waals surface area contributed by atoms with Gasteiger partial charge in [-0.25, -0.2) is 0 Å². The molecule has 3 aromatic carbocycles. The van der Waals surface area contributed by atoms with E-state index in [-0.39, 0.29) is 0 Å². The van der Waals surface area contributed by atoms with Crippen molar-refractivity contribution >= 4 is 34.2 Å². The van der Waals surface area contributed by atoms with E-state index >= 15 is 0 Å². The normalized spacial score (nSPS) is 13.5. The van der Waals surface area contributed by atoms with Crippen molar-refractivity contribution < 1.29 is 0 Å². The second kappa shape index (κ2) is 15.7. The number of para-hydroxylation sites is 2. The standard InChI is InChI=1S/C40H54N4/c1-25(2)35-15-13-16-36(26(3)4)39(35)43-31(11)23-29(9)41-33-19-21-34(22-20-33)42-30(10)24-32(12)44-40-37(27(5)6)17-14-18-38(40)28(7)8/h13-28,41-42H,1-12H3/b29-23-,30-24-,43-31?,44-32?. The SMILES string of the molecule is CC(/C=C(/C)Nc1ccc(N/C(C)=C\C(C)=Nc2c(C(C)C)cccc2C(C)C)cc1)=Nc1c(C(C)C)cccc1C(C)C. The Morgan fingerprint density at radius 1 is 0.477 bits per heavy atom. The molecule has 3 rings (SSSR count). The van der Waals surface area contributed by atoms with Gasteiger partial charge in [0.2, 0.25) is 0 Å². The summed E-state index contributed by atoms with van der Waals surface area (Å²) in [7, 11) is 0. The Hall–Kier alpha value is -3.92. The molecule has 0 heterocycles. The average Bonchev–Trinajstić information content (AvgIpc) is 2.93. The van der Waals surface area contributed by atoms with Crippen LogP contribution in [0, 0.1) is 0 Å². The van der Waals surface area contributed by atoms with Crippen LogP contribution in [0.25, 0.3) is 0 Å². The predicted octanol–water partition coefficient (Wildman–Crippen LogP) is 12.4. The van der Waals surface area contributed by atoms with E-state index in [2.05, 4.69) is 167 Å². The highest BCUT2D eigenvalue weighted by Gasteiger charge is 2.14. The first-order valence-electron chi connectivity index (χ1n) is 16.1. The highest BCUT2D eigenvalue weighted by Crippen LogP contribution is 2.36. The molecule has 4 nitrogen and oxygen atoms in total. The lowest BCUT2D eigenvalue weighted by Gasteiger charge is -2.17. The molecule has 0 unspecified atom stereocenters. The Bertz CT molecular complexity index is 1360. The minimum absolute atomic E-state index is 0.421. The summed E-state index contributed by atoms with van der Waals surface area (Å²) in [4.78, 5) is 10.2. The molecule has 4 heteroatoms. The zero-order valence-electron chi connectivity index (χ0n) is 29.1. The molecular weight excluding hydrogens is 536 g/mol. The van der Waals surface area contributed by atoms with Crippen LogP contribution < -0.4 is 10.6 Å². The van der Waals surface area contributed by atoms with E-state index in [0.717, 1.165) is 45.6 Å². The first-order chi connectivity index (χ1) is 20.8. The average molecular weight is 591 g/mol. The number of nitrogens with one attached hydrogen (secondary N) is 2. The first-order valence-corrected chi connectivity index (χ1v) is 16.1. The third-order valence-electron chi connectivity index (χ3n) is 7.68. The second-order valence-electron chi connectivity index (χ2n) is 13.2. The van der Waals surface area contributed by atoms with Gasteiger partial charge >= 0.3 is 0 Å². The van der Waals surface area contributed by atoms with E-state index in [1.807, 2.05) is 0 Å². The van der Waals surface area contributed by atoms with Gasteiger partial charge in [0.1, 0.15) is 0 Å². The van der Waals surface area contributed by atoms with Gasteiger partial charge in [0, 0.05) is 34.2 Å². The van der Waals surface area contributed by atoms with Crippen molar-refractivity contribution in [3.8, 4) is 0 Å². The summed E-state index contributed by atoms with van der Waals surface area (Å²) in [6.45, 7) is 26.2. The van der Waals surface area contributed by atoms with E-state index in [4.69, 9.17) is 9.98 Å². The van der Waals surface area contributed by atoms with E-state index in [9.17, 15) is 0 Å². The van der Waals surface area contributed by atoms with Crippen LogP contribution in [0.5, 0.6) is 0 Å². The van der Waals surface area contributed by atoms with Crippen LogP contribution in [0.15, 0.2) is 94.2 Å². The van der Waals surface area contributed by atoms with Crippen molar-refractivity contribution in [3.05, 3.63) is 106 Å². The van der Waals surface area contributed by atoms with Gasteiger partial charge in [-0.15, -0.1) is 0 Å². The maximum Gasteiger partial charge on any atom is 0.0701 e. The van der Waals surface area contributed by atoms with Gasteiger partial charge in [0.15, 0.2) is 0 Å². The van der Waals surface area contributed by atoms with Crippen LogP contribution in [-0.4, -0.2) is 11.4 Å². The highest BCUT2D eigenvalue weighted by molar-refractivity contribution is 5.96. The first kappa shape index (κ1) is 34.6. The molecule has 234 valence electrons. The lowest BCUT2D eigenvalue weighted by atomic mass is 9.93. The van der Waals surface area contributed by atoms with Gasteiger partial charge in [-0.1, -0.05) is 91.8 Å². The molecule has 0 aliphatic rings. The largest absolute Gasteiger partial charge is 0.359 e. The minimum Gasteiger partial charge on any atom is -0.359 e. The van der Waals surface area contributed by atoms with Crippen molar-refractivity contribution in [2.45, 2.75) is 107 Å². The van der Waals surface area contributed by atoms with Gasteiger partial charge in [0.25, 0.3) is 0 Å². The fraction of sp³-hybridized carbons (Fsp3) is 0.400. The van der Waals surface area contributed by atoms with Gasteiger partial charge < -0.3 is 10.6 Å². The molecule has 0 saturated carbocycles. The number of nitrogens with zero attached hydrogens (tertiary/aromatic N) is 2. The Kier molecular flexibility index (Phi) is 12.3. The third kappa shape index (κ3) is 9.54. The minimum atomic E-state index is 0.421. The molecular formula is C40H54N4. The van der Waals surface area contributed by atoms with E-state index in [0.29, 0.717) is 23.7 Å². The van der Waals surface area contributed by atoms with E-state index in [1.54, 1.807) is 0 Å². The lowest BCUT2D eigenvalue weighted by Crippen LogP contribution is -2.01. The van der Waals surface area contributed by atoms with Crippen LogP contribution in [0.4, 0.5) is 22.7 Å². The summed E-state index contributed by atoms with van der Waals surface area (Å²) >= 11 is 0. The molecule has 0 amide bonds. The van der Waals surface area contributed by atoms with Gasteiger partial charge in [-0.05, 0) is 110 Å². The quantitative estimate of drug-likeness (QED) is 0.206. The summed E-state index contributed by atoms with van der Waals surface area (Å²) in [6.07, 6.45) is 4.23. The summed E-state index contributed by atoms with van der Waals surface area (Å²) in [6, 6.07) is 21.5. The Morgan fingerprint density at radius 3 is 1.00 bits per heavy atom. The molecule has 0 aromatic heterocycles. The molecule has 0 bridgehead atoms. The summed E-state index contributed by atoms with van der Waals surface area (Å²) in [5.74, 6) is 1.68. The highest BCUT2D eigenvalue weighted by atomic mass is 14.9. The smallest absolute Gasteiger partial charge is 0.0701 e. The fourth-order valence-electron chi connectivity index (χ4n) is 5.49. The fourth-order valence-corrected chi connectivity index (χ4v) is 5.49. The topological polar surface area (TPSA) is 48.8 Å². The van der Waals surface area contributed by atoms with Gasteiger partial charge in [-0.2, -0.15) is 0 Å².